The van der Waals surface area contributed by atoms with Crippen molar-refractivity contribution in [1.29, 1.82) is 0 Å². The van der Waals surface area contributed by atoms with Crippen LogP contribution in [0.15, 0.2) is 0 Å². The Morgan fingerprint density at radius 1 is 1.57 bits per heavy atom. The van der Waals surface area contributed by atoms with Gasteiger partial charge in [-0.1, -0.05) is 27.1 Å². The highest BCUT2D eigenvalue weighted by molar-refractivity contribution is 7.23. The Labute approximate surface area is 49.5 Å². The molecule has 0 bridgehead atoms. The summed E-state index contributed by atoms with van der Waals surface area (Å²) in [6.45, 7) is 6.52. The Morgan fingerprint density at radius 3 is 2.00 bits per heavy atom. The average Bonchev–Trinajstić information content (AvgIpc) is 1.30. The van der Waals surface area contributed by atoms with Gasteiger partial charge in [0.25, 0.3) is 0 Å². The third kappa shape index (κ3) is 6.49. The van der Waals surface area contributed by atoms with Gasteiger partial charge in [0, 0.05) is 0 Å². The van der Waals surface area contributed by atoms with Crippen LogP contribution in [0.25, 0.3) is 0 Å². The Morgan fingerprint density at radius 2 is 2.00 bits per heavy atom. The molecule has 0 N–H and O–H groups in total. The van der Waals surface area contributed by atoms with Crippen molar-refractivity contribution in [3.63, 3.8) is 0 Å². The molecule has 7 heavy (non-hydrogen) atoms. The Bertz CT molecular complexity index is 46.5. The number of hydrogen-bond donors (Lipinski definition) is 0. The van der Waals surface area contributed by atoms with Gasteiger partial charge in [-0.15, -0.1) is 9.24 Å². The van der Waals surface area contributed by atoms with E-state index in [1.165, 1.54) is 0 Å². The average molecular weight is 115 g/mol. The first-order chi connectivity index (χ1) is 3.06. The van der Waals surface area contributed by atoms with E-state index >= 15 is 0 Å². The highest BCUT2D eigenvalue weighted by Gasteiger charge is 2.08. The van der Waals surface area contributed by atoms with E-state index in [1.54, 1.807) is 0 Å². The molecule has 0 spiro atoms. The summed E-state index contributed by atoms with van der Waals surface area (Å²) >= 11 is 0. The summed E-state index contributed by atoms with van der Waals surface area (Å²) in [7, 11) is 5.06. The van der Waals surface area contributed by atoms with Crippen LogP contribution in [0.5, 0.6) is 0 Å². The highest BCUT2D eigenvalue weighted by atomic mass is 31.0. The molecule has 0 aliphatic carbocycles. The van der Waals surface area contributed by atoms with Crippen molar-refractivity contribution in [2.45, 2.75) is 32.1 Å². The standard InChI is InChI=1S/C5H13BP/c1-4-6-5(2,3)7/h4,7H2,1-3H3. The topological polar surface area (TPSA) is 0 Å². The van der Waals surface area contributed by atoms with E-state index in [4.69, 9.17) is 0 Å². The molecule has 0 nitrogen and oxygen atoms in total. The van der Waals surface area contributed by atoms with Gasteiger partial charge >= 0.3 is 0 Å². The maximum absolute atomic E-state index is 2.78. The van der Waals surface area contributed by atoms with Crippen molar-refractivity contribution in [3.05, 3.63) is 0 Å². The van der Waals surface area contributed by atoms with Gasteiger partial charge in [0.1, 0.15) is 7.28 Å². The smallest absolute Gasteiger partial charge is 0.122 e. The molecule has 0 aliphatic heterocycles. The molecule has 0 aromatic carbocycles. The van der Waals surface area contributed by atoms with E-state index in [9.17, 15) is 0 Å². The predicted octanol–water partition coefficient (Wildman–Crippen LogP) is 1.74. The van der Waals surface area contributed by atoms with Crippen molar-refractivity contribution in [3.8, 4) is 0 Å². The lowest BCUT2D eigenvalue weighted by Gasteiger charge is -2.13. The van der Waals surface area contributed by atoms with Gasteiger partial charge in [-0.3, -0.25) is 0 Å². The van der Waals surface area contributed by atoms with Crippen molar-refractivity contribution in [1.82, 2.24) is 0 Å². The van der Waals surface area contributed by atoms with Crippen molar-refractivity contribution in [2.24, 2.45) is 0 Å². The summed E-state index contributed by atoms with van der Waals surface area (Å²) < 4.78 is 0. The predicted molar refractivity (Wildman–Crippen MR) is 40.0 cm³/mol. The van der Waals surface area contributed by atoms with Gasteiger partial charge in [-0.25, -0.2) is 0 Å². The minimum atomic E-state index is 0.342. The van der Waals surface area contributed by atoms with Crippen LogP contribution >= 0.6 is 9.24 Å². The molecule has 0 rings (SSSR count). The van der Waals surface area contributed by atoms with E-state index in [1.807, 2.05) is 0 Å². The molecule has 0 amide bonds. The van der Waals surface area contributed by atoms with Crippen molar-refractivity contribution >= 4 is 16.5 Å². The van der Waals surface area contributed by atoms with Gasteiger partial charge in [-0.2, -0.15) is 0 Å². The normalized spacial score (nSPS) is 11.4. The molecule has 2 heteroatoms. The zero-order valence-electron chi connectivity index (χ0n) is 5.36. The fraction of sp³-hybridized carbons (Fsp3) is 1.00. The van der Waals surface area contributed by atoms with E-state index in [0.717, 1.165) is 6.32 Å². The summed E-state index contributed by atoms with van der Waals surface area (Å²) in [4.78, 5) is 0. The SMILES string of the molecule is CC[B]C(C)(C)P. The summed E-state index contributed by atoms with van der Waals surface area (Å²) in [5.74, 6) is 0. The van der Waals surface area contributed by atoms with Crippen molar-refractivity contribution in [2.75, 3.05) is 0 Å². The highest BCUT2D eigenvalue weighted by Crippen LogP contribution is 2.14. The van der Waals surface area contributed by atoms with E-state index in [2.05, 4.69) is 37.3 Å². The monoisotopic (exact) mass is 115 g/mol. The summed E-state index contributed by atoms with van der Waals surface area (Å²) in [5, 5.41) is 0.342. The molecular weight excluding hydrogens is 102 g/mol. The Hall–Kier alpha value is 0.495. The lowest BCUT2D eigenvalue weighted by atomic mass is 9.63. The molecule has 0 saturated heterocycles. The lowest BCUT2D eigenvalue weighted by Crippen LogP contribution is -2.17. The molecule has 0 saturated carbocycles. The minimum Gasteiger partial charge on any atom is -0.140 e. The second-order valence-electron chi connectivity index (χ2n) is 2.43. The Balaban J connectivity index is 3.15. The molecule has 1 atom stereocenters. The molecule has 1 unspecified atom stereocenters. The second-order valence-corrected chi connectivity index (χ2v) is 3.92. The zero-order valence-corrected chi connectivity index (χ0v) is 6.52. The zero-order chi connectivity index (χ0) is 5.91. The summed E-state index contributed by atoms with van der Waals surface area (Å²) in [6, 6.07) is 0. The van der Waals surface area contributed by atoms with Crippen LogP contribution in [0.1, 0.15) is 20.8 Å². The van der Waals surface area contributed by atoms with Gasteiger partial charge in [0.2, 0.25) is 0 Å². The van der Waals surface area contributed by atoms with Gasteiger partial charge in [0.05, 0.1) is 0 Å². The molecule has 0 heterocycles. The van der Waals surface area contributed by atoms with Crippen molar-refractivity contribution < 1.29 is 0 Å². The molecule has 0 aliphatic rings. The molecule has 1 radical (unpaired) electrons. The Kier molecular flexibility index (Phi) is 2.91. The molecule has 0 fully saturated rings. The van der Waals surface area contributed by atoms with Crippen LogP contribution < -0.4 is 0 Å². The fourth-order valence-corrected chi connectivity index (χ4v) is 0.762. The van der Waals surface area contributed by atoms with E-state index < -0.39 is 0 Å². The second kappa shape index (κ2) is 2.72. The van der Waals surface area contributed by atoms with Gasteiger partial charge in [0.15, 0.2) is 0 Å². The first-order valence-electron chi connectivity index (χ1n) is 2.69. The molecular formula is C5H13BP. The maximum Gasteiger partial charge on any atom is 0.122 e. The van der Waals surface area contributed by atoms with E-state index in [-0.39, 0.29) is 0 Å². The van der Waals surface area contributed by atoms with E-state index in [0.29, 0.717) is 5.06 Å². The first-order valence-corrected chi connectivity index (χ1v) is 3.27. The lowest BCUT2D eigenvalue weighted by molar-refractivity contribution is 0.985. The third-order valence-corrected chi connectivity index (χ3v) is 0.966. The van der Waals surface area contributed by atoms with Crippen LogP contribution in [0.4, 0.5) is 0 Å². The molecule has 0 aromatic heterocycles. The summed E-state index contributed by atoms with van der Waals surface area (Å²) in [6.07, 6.45) is 1.16. The van der Waals surface area contributed by atoms with Crippen LogP contribution in [0, 0.1) is 0 Å². The quantitative estimate of drug-likeness (QED) is 0.379. The van der Waals surface area contributed by atoms with Crippen LogP contribution in [-0.4, -0.2) is 12.3 Å². The number of hydrogen-bond acceptors (Lipinski definition) is 0. The number of rotatable bonds is 2. The molecule has 0 aromatic rings. The first kappa shape index (κ1) is 7.49. The summed E-state index contributed by atoms with van der Waals surface area (Å²) in [5.41, 5.74) is 0. The fourth-order valence-electron chi connectivity index (χ4n) is 0.526. The molecule has 41 valence electrons. The largest absolute Gasteiger partial charge is 0.140 e. The van der Waals surface area contributed by atoms with Crippen LogP contribution in [0.2, 0.25) is 6.32 Å². The van der Waals surface area contributed by atoms with Gasteiger partial charge in [-0.05, 0) is 5.06 Å². The van der Waals surface area contributed by atoms with Crippen LogP contribution in [0.3, 0.4) is 0 Å². The minimum absolute atomic E-state index is 0.342. The van der Waals surface area contributed by atoms with Crippen LogP contribution in [-0.2, 0) is 0 Å². The van der Waals surface area contributed by atoms with Gasteiger partial charge < -0.3 is 0 Å². The third-order valence-electron chi connectivity index (χ3n) is 0.730. The maximum atomic E-state index is 2.78.